The van der Waals surface area contributed by atoms with Gasteiger partial charge in [0.15, 0.2) is 9.84 Å². The highest BCUT2D eigenvalue weighted by atomic mass is 32.2. The molecule has 0 aliphatic carbocycles. The van der Waals surface area contributed by atoms with Crippen LogP contribution < -0.4 is 4.90 Å². The summed E-state index contributed by atoms with van der Waals surface area (Å²) in [5.74, 6) is -3.32. The van der Waals surface area contributed by atoms with Crippen molar-refractivity contribution in [2.24, 2.45) is 0 Å². The van der Waals surface area contributed by atoms with Crippen LogP contribution in [0.3, 0.4) is 0 Å². The van der Waals surface area contributed by atoms with Crippen LogP contribution in [-0.4, -0.2) is 42.3 Å². The Morgan fingerprint density at radius 1 is 1.16 bits per heavy atom. The van der Waals surface area contributed by atoms with Gasteiger partial charge >= 0.3 is 6.18 Å². The standard InChI is InChI=1S/C18H13F5N4O3S2/c1-3-32(29,30)13-6-9(11-5-4-10(19)7-12(11)20)8-24-14(13)15(28)27(2)17-26-25-16(31-17)18(21,22)23/h4-8H,3H2,1-2H3. The lowest BCUT2D eigenvalue weighted by Gasteiger charge is -2.16. The Hall–Kier alpha value is -3.00. The topological polar surface area (TPSA) is 93.1 Å². The molecule has 3 aromatic rings. The van der Waals surface area contributed by atoms with Crippen molar-refractivity contribution < 1.29 is 35.2 Å². The molecule has 0 radical (unpaired) electrons. The first kappa shape index (κ1) is 23.7. The zero-order valence-corrected chi connectivity index (χ0v) is 17.9. The van der Waals surface area contributed by atoms with Gasteiger partial charge in [0.05, 0.1) is 10.6 Å². The SMILES string of the molecule is CCS(=O)(=O)c1cc(-c2ccc(F)cc2F)cnc1C(=O)N(C)c1nnc(C(F)(F)F)s1. The van der Waals surface area contributed by atoms with Gasteiger partial charge < -0.3 is 0 Å². The second kappa shape index (κ2) is 8.50. The maximum atomic E-state index is 14.2. The summed E-state index contributed by atoms with van der Waals surface area (Å²) in [6.07, 6.45) is -3.76. The van der Waals surface area contributed by atoms with Gasteiger partial charge in [-0.3, -0.25) is 9.69 Å². The molecule has 0 bridgehead atoms. The van der Waals surface area contributed by atoms with Gasteiger partial charge in [0.1, 0.15) is 17.3 Å². The van der Waals surface area contributed by atoms with Gasteiger partial charge in [0.2, 0.25) is 10.1 Å². The van der Waals surface area contributed by atoms with Gasteiger partial charge in [-0.1, -0.05) is 18.3 Å². The number of benzene rings is 1. The van der Waals surface area contributed by atoms with E-state index in [9.17, 15) is 35.2 Å². The maximum absolute atomic E-state index is 14.2. The van der Waals surface area contributed by atoms with Crippen molar-refractivity contribution in [2.45, 2.75) is 18.0 Å². The molecule has 2 heterocycles. The third-order valence-electron chi connectivity index (χ3n) is 4.26. The van der Waals surface area contributed by atoms with Gasteiger partial charge in [-0.15, -0.1) is 10.2 Å². The van der Waals surface area contributed by atoms with E-state index in [2.05, 4.69) is 15.2 Å². The average Bonchev–Trinajstić information content (AvgIpc) is 3.23. The van der Waals surface area contributed by atoms with Crippen LogP contribution in [0.1, 0.15) is 22.4 Å². The van der Waals surface area contributed by atoms with Crippen molar-refractivity contribution in [3.05, 3.63) is 52.8 Å². The molecule has 0 aliphatic rings. The molecule has 0 atom stereocenters. The number of aromatic nitrogens is 3. The predicted octanol–water partition coefficient (Wildman–Crippen LogP) is 3.97. The molecule has 0 unspecified atom stereocenters. The summed E-state index contributed by atoms with van der Waals surface area (Å²) in [5, 5.41) is 4.58. The van der Waals surface area contributed by atoms with E-state index in [0.29, 0.717) is 11.0 Å². The van der Waals surface area contributed by atoms with Gasteiger partial charge in [-0.25, -0.2) is 22.2 Å². The van der Waals surface area contributed by atoms with Crippen molar-refractivity contribution in [3.8, 4) is 11.1 Å². The predicted molar refractivity (Wildman–Crippen MR) is 105 cm³/mol. The molecule has 2 aromatic heterocycles. The molecule has 0 saturated carbocycles. The molecule has 0 aliphatic heterocycles. The Morgan fingerprint density at radius 3 is 2.41 bits per heavy atom. The van der Waals surface area contributed by atoms with E-state index in [-0.39, 0.29) is 22.5 Å². The molecule has 32 heavy (non-hydrogen) atoms. The Kier molecular flexibility index (Phi) is 6.29. The molecule has 1 aromatic carbocycles. The number of carbonyl (C=O) groups excluding carboxylic acids is 1. The second-order valence-electron chi connectivity index (χ2n) is 6.35. The molecule has 0 spiro atoms. The lowest BCUT2D eigenvalue weighted by molar-refractivity contribution is -0.138. The van der Waals surface area contributed by atoms with Gasteiger partial charge in [-0.2, -0.15) is 13.2 Å². The maximum Gasteiger partial charge on any atom is 0.445 e. The summed E-state index contributed by atoms with van der Waals surface area (Å²) in [5.41, 5.74) is -0.786. The molecule has 0 saturated heterocycles. The highest BCUT2D eigenvalue weighted by Gasteiger charge is 2.37. The lowest BCUT2D eigenvalue weighted by atomic mass is 10.1. The third-order valence-corrected chi connectivity index (χ3v) is 7.05. The van der Waals surface area contributed by atoms with E-state index in [1.165, 1.54) is 6.92 Å². The Morgan fingerprint density at radius 2 is 1.84 bits per heavy atom. The minimum absolute atomic E-state index is 0.0380. The van der Waals surface area contributed by atoms with E-state index < -0.39 is 60.0 Å². The minimum Gasteiger partial charge on any atom is -0.284 e. The smallest absolute Gasteiger partial charge is 0.284 e. The summed E-state index contributed by atoms with van der Waals surface area (Å²) in [7, 11) is -2.99. The van der Waals surface area contributed by atoms with Crippen molar-refractivity contribution in [3.63, 3.8) is 0 Å². The average molecular weight is 492 g/mol. The van der Waals surface area contributed by atoms with Crippen molar-refractivity contribution in [2.75, 3.05) is 17.7 Å². The number of pyridine rings is 1. The van der Waals surface area contributed by atoms with Crippen LogP contribution in [-0.2, 0) is 16.0 Å². The number of carbonyl (C=O) groups is 1. The summed E-state index contributed by atoms with van der Waals surface area (Å²) in [6, 6.07) is 3.65. The van der Waals surface area contributed by atoms with Crippen molar-refractivity contribution in [1.29, 1.82) is 0 Å². The van der Waals surface area contributed by atoms with Crippen LogP contribution in [0, 0.1) is 11.6 Å². The van der Waals surface area contributed by atoms with E-state index in [4.69, 9.17) is 0 Å². The van der Waals surface area contributed by atoms with Gasteiger partial charge in [0.25, 0.3) is 5.91 Å². The second-order valence-corrected chi connectivity index (χ2v) is 9.55. The number of amides is 1. The van der Waals surface area contributed by atoms with Crippen LogP contribution in [0.4, 0.5) is 27.1 Å². The van der Waals surface area contributed by atoms with Crippen molar-refractivity contribution >= 4 is 32.2 Å². The fourth-order valence-electron chi connectivity index (χ4n) is 2.58. The quantitative estimate of drug-likeness (QED) is 0.501. The molecule has 3 rings (SSSR count). The molecule has 170 valence electrons. The summed E-state index contributed by atoms with van der Waals surface area (Å²) in [6.45, 7) is 1.30. The Bertz CT molecular complexity index is 1290. The summed E-state index contributed by atoms with van der Waals surface area (Å²) < 4.78 is 90.9. The molecule has 14 heteroatoms. The molecule has 0 N–H and O–H groups in total. The van der Waals surface area contributed by atoms with E-state index in [1.807, 2.05) is 0 Å². The molecule has 7 nitrogen and oxygen atoms in total. The van der Waals surface area contributed by atoms with Gasteiger partial charge in [-0.05, 0) is 18.2 Å². The molecule has 0 fully saturated rings. The first-order valence-corrected chi connectivity index (χ1v) is 11.2. The van der Waals surface area contributed by atoms with Crippen LogP contribution in [0.2, 0.25) is 0 Å². The third kappa shape index (κ3) is 4.60. The van der Waals surface area contributed by atoms with Crippen molar-refractivity contribution in [1.82, 2.24) is 15.2 Å². The van der Waals surface area contributed by atoms with Crippen LogP contribution in [0.15, 0.2) is 35.4 Å². The number of halogens is 5. The number of nitrogens with zero attached hydrogens (tertiary/aromatic N) is 4. The number of anilines is 1. The van der Waals surface area contributed by atoms with E-state index in [1.54, 1.807) is 0 Å². The van der Waals surface area contributed by atoms with Crippen LogP contribution in [0.25, 0.3) is 11.1 Å². The number of alkyl halides is 3. The highest BCUT2D eigenvalue weighted by molar-refractivity contribution is 7.91. The van der Waals surface area contributed by atoms with E-state index in [0.717, 1.165) is 31.4 Å². The monoisotopic (exact) mass is 492 g/mol. The number of hydrogen-bond donors (Lipinski definition) is 0. The van der Waals surface area contributed by atoms with E-state index >= 15 is 0 Å². The molecular formula is C18H13F5N4O3S2. The largest absolute Gasteiger partial charge is 0.445 e. The number of sulfone groups is 1. The van der Waals surface area contributed by atoms with Gasteiger partial charge in [0, 0.05) is 30.4 Å². The normalized spacial score (nSPS) is 12.1. The fourth-order valence-corrected chi connectivity index (χ4v) is 4.30. The fraction of sp³-hybridized carbons (Fsp3) is 0.222. The minimum atomic E-state index is -4.77. The number of rotatable bonds is 5. The first-order valence-electron chi connectivity index (χ1n) is 8.72. The summed E-state index contributed by atoms with van der Waals surface area (Å²) >= 11 is 0.0889. The summed E-state index contributed by atoms with van der Waals surface area (Å²) in [4.78, 5) is 16.8. The highest BCUT2D eigenvalue weighted by Crippen LogP contribution is 2.35. The lowest BCUT2D eigenvalue weighted by Crippen LogP contribution is -2.29. The first-order chi connectivity index (χ1) is 14.8. The number of hydrogen-bond acceptors (Lipinski definition) is 7. The Balaban J connectivity index is 2.09. The molecular weight excluding hydrogens is 479 g/mol. The van der Waals surface area contributed by atoms with Crippen LogP contribution >= 0.6 is 11.3 Å². The van der Waals surface area contributed by atoms with Crippen LogP contribution in [0.5, 0.6) is 0 Å². The Labute approximate surface area is 182 Å². The zero-order valence-electron chi connectivity index (χ0n) is 16.3. The zero-order chi connectivity index (χ0) is 23.8. The molecule has 1 amide bonds.